The molecule has 2 rings (SSSR count). The lowest BCUT2D eigenvalue weighted by Crippen LogP contribution is -2.40. The van der Waals surface area contributed by atoms with Crippen LogP contribution in [0.2, 0.25) is 0 Å². The largest absolute Gasteiger partial charge is 0.448 e. The van der Waals surface area contributed by atoms with Crippen molar-refractivity contribution >= 4 is 33.5 Å². The molecule has 0 bridgehead atoms. The minimum Gasteiger partial charge on any atom is -0.448 e. The van der Waals surface area contributed by atoms with Crippen LogP contribution in [0, 0.1) is 13.8 Å². The van der Waals surface area contributed by atoms with Crippen molar-refractivity contribution in [2.75, 3.05) is 18.9 Å². The molecule has 0 saturated heterocycles. The van der Waals surface area contributed by atoms with E-state index in [0.29, 0.717) is 5.69 Å². The van der Waals surface area contributed by atoms with Crippen molar-refractivity contribution in [2.45, 2.75) is 31.8 Å². The Hall–Kier alpha value is -3.18. The van der Waals surface area contributed by atoms with Gasteiger partial charge in [0.15, 0.2) is 6.10 Å². The minimum atomic E-state index is -3.73. The predicted octanol–water partition coefficient (Wildman–Crippen LogP) is 0.850. The van der Waals surface area contributed by atoms with Crippen LogP contribution in [0.1, 0.15) is 28.5 Å². The number of nitrogens with one attached hydrogen (secondary N) is 3. The number of para-hydroxylation sites is 1. The first-order valence-corrected chi connectivity index (χ1v) is 10.9. The summed E-state index contributed by atoms with van der Waals surface area (Å²) in [6.45, 7) is 4.77. The van der Waals surface area contributed by atoms with Gasteiger partial charge in [-0.25, -0.2) is 17.9 Å². The number of sulfonamides is 1. The van der Waals surface area contributed by atoms with Gasteiger partial charge in [0, 0.05) is 18.9 Å². The Morgan fingerprint density at radius 3 is 2.35 bits per heavy atom. The number of anilines is 1. The Labute approximate surface area is 181 Å². The summed E-state index contributed by atoms with van der Waals surface area (Å²) in [5, 5.41) is 5.15. The van der Waals surface area contributed by atoms with E-state index in [2.05, 4.69) is 15.4 Å². The molecule has 1 aromatic carbocycles. The van der Waals surface area contributed by atoms with Gasteiger partial charge in [-0.05, 0) is 45.0 Å². The molecule has 0 aliphatic carbocycles. The highest BCUT2D eigenvalue weighted by Gasteiger charge is 2.24. The van der Waals surface area contributed by atoms with Crippen LogP contribution in [0.4, 0.5) is 5.69 Å². The zero-order chi connectivity index (χ0) is 23.3. The van der Waals surface area contributed by atoms with Crippen LogP contribution in [0.3, 0.4) is 0 Å². The Balaban J connectivity index is 1.94. The van der Waals surface area contributed by atoms with Crippen molar-refractivity contribution in [1.82, 2.24) is 14.6 Å². The third kappa shape index (κ3) is 5.92. The van der Waals surface area contributed by atoms with E-state index in [1.807, 2.05) is 32.0 Å². The highest BCUT2D eigenvalue weighted by Crippen LogP contribution is 2.19. The maximum Gasteiger partial charge on any atom is 0.355 e. The van der Waals surface area contributed by atoms with E-state index in [9.17, 15) is 22.8 Å². The zero-order valence-corrected chi connectivity index (χ0v) is 18.8. The van der Waals surface area contributed by atoms with E-state index >= 15 is 0 Å². The average Bonchev–Trinajstić information content (AvgIpc) is 3.11. The molecule has 0 fully saturated rings. The fourth-order valence-electron chi connectivity index (χ4n) is 2.78. The Morgan fingerprint density at radius 1 is 1.16 bits per heavy atom. The van der Waals surface area contributed by atoms with E-state index in [4.69, 9.17) is 4.74 Å². The summed E-state index contributed by atoms with van der Waals surface area (Å²) in [7, 11) is -0.997. The number of aryl methyl sites for hydroxylation is 3. The molecule has 1 unspecified atom stereocenters. The maximum atomic E-state index is 12.3. The molecule has 0 aliphatic heterocycles. The van der Waals surface area contributed by atoms with Gasteiger partial charge in [0.1, 0.15) is 10.6 Å². The molecule has 0 saturated carbocycles. The highest BCUT2D eigenvalue weighted by molar-refractivity contribution is 7.89. The summed E-state index contributed by atoms with van der Waals surface area (Å²) in [4.78, 5) is 36.6. The monoisotopic (exact) mass is 450 g/mol. The predicted molar refractivity (Wildman–Crippen MR) is 114 cm³/mol. The van der Waals surface area contributed by atoms with Gasteiger partial charge >= 0.3 is 5.97 Å². The van der Waals surface area contributed by atoms with Crippen molar-refractivity contribution in [3.8, 4) is 0 Å². The molecule has 11 heteroatoms. The lowest BCUT2D eigenvalue weighted by Gasteiger charge is -2.15. The first-order chi connectivity index (χ1) is 14.5. The molecule has 2 amide bonds. The van der Waals surface area contributed by atoms with E-state index in [0.717, 1.165) is 17.2 Å². The molecule has 1 heterocycles. The number of ether oxygens (including phenoxy) is 1. The second-order valence-electron chi connectivity index (χ2n) is 6.96. The SMILES string of the molecule is CNS(=O)(=O)c1cc(C(=O)OC(C)C(=O)NCC(=O)Nc2c(C)cccc2C)n(C)c1. The van der Waals surface area contributed by atoms with Gasteiger partial charge in [0.25, 0.3) is 5.91 Å². The average molecular weight is 451 g/mol. The lowest BCUT2D eigenvalue weighted by atomic mass is 10.1. The lowest BCUT2D eigenvalue weighted by molar-refractivity contribution is -0.130. The number of nitrogens with zero attached hydrogens (tertiary/aromatic N) is 1. The van der Waals surface area contributed by atoms with Crippen molar-refractivity contribution in [3.05, 3.63) is 47.3 Å². The standard InChI is InChI=1S/C20H26N4O6S/c1-12-7-6-8-13(2)18(12)23-17(25)10-22-19(26)14(3)30-20(27)16-9-15(11-24(16)5)31(28,29)21-4/h6-9,11,14,21H,10H2,1-5H3,(H,22,26)(H,23,25). The topological polar surface area (TPSA) is 136 Å². The normalized spacial score (nSPS) is 12.2. The fourth-order valence-corrected chi connectivity index (χ4v) is 3.58. The van der Waals surface area contributed by atoms with Crippen LogP contribution in [0.15, 0.2) is 35.4 Å². The van der Waals surface area contributed by atoms with Gasteiger partial charge in [-0.2, -0.15) is 0 Å². The second kappa shape index (κ2) is 9.75. The number of carbonyl (C=O) groups is 3. The summed E-state index contributed by atoms with van der Waals surface area (Å²) in [6, 6.07) is 6.75. The van der Waals surface area contributed by atoms with Crippen LogP contribution in [0.5, 0.6) is 0 Å². The Bertz CT molecular complexity index is 1090. The Morgan fingerprint density at radius 2 is 1.77 bits per heavy atom. The highest BCUT2D eigenvalue weighted by atomic mass is 32.2. The molecule has 10 nitrogen and oxygen atoms in total. The van der Waals surface area contributed by atoms with Gasteiger partial charge < -0.3 is 19.9 Å². The molecular formula is C20H26N4O6S. The molecule has 0 spiro atoms. The molecule has 3 N–H and O–H groups in total. The van der Waals surface area contributed by atoms with E-state index < -0.39 is 33.9 Å². The molecule has 1 atom stereocenters. The molecular weight excluding hydrogens is 424 g/mol. The van der Waals surface area contributed by atoms with Crippen molar-refractivity contribution in [2.24, 2.45) is 7.05 Å². The number of carbonyl (C=O) groups excluding carboxylic acids is 3. The van der Waals surface area contributed by atoms with Crippen molar-refractivity contribution in [1.29, 1.82) is 0 Å². The van der Waals surface area contributed by atoms with Crippen LogP contribution >= 0.6 is 0 Å². The first kappa shape index (κ1) is 24.1. The number of hydrogen-bond donors (Lipinski definition) is 3. The number of esters is 1. The molecule has 0 radical (unpaired) electrons. The van der Waals surface area contributed by atoms with Gasteiger partial charge in [-0.1, -0.05) is 18.2 Å². The van der Waals surface area contributed by atoms with Crippen LogP contribution in [-0.2, 0) is 31.4 Å². The quantitative estimate of drug-likeness (QED) is 0.510. The summed E-state index contributed by atoms with van der Waals surface area (Å²) in [6.07, 6.45) is 0.0603. The van der Waals surface area contributed by atoms with Crippen LogP contribution < -0.4 is 15.4 Å². The van der Waals surface area contributed by atoms with Crippen LogP contribution in [0.25, 0.3) is 0 Å². The molecule has 1 aromatic heterocycles. The fraction of sp³-hybridized carbons (Fsp3) is 0.350. The number of hydrogen-bond acceptors (Lipinski definition) is 6. The summed E-state index contributed by atoms with van der Waals surface area (Å²) < 4.78 is 32.3. The van der Waals surface area contributed by atoms with Gasteiger partial charge in [-0.15, -0.1) is 0 Å². The van der Waals surface area contributed by atoms with E-state index in [-0.39, 0.29) is 17.1 Å². The van der Waals surface area contributed by atoms with Crippen molar-refractivity contribution < 1.29 is 27.5 Å². The smallest absolute Gasteiger partial charge is 0.355 e. The number of benzene rings is 1. The van der Waals surface area contributed by atoms with E-state index in [1.54, 1.807) is 0 Å². The maximum absolute atomic E-state index is 12.3. The second-order valence-corrected chi connectivity index (χ2v) is 8.85. The number of amides is 2. The summed E-state index contributed by atoms with van der Waals surface area (Å²) in [5.41, 5.74) is 2.42. The number of aromatic nitrogens is 1. The van der Waals surface area contributed by atoms with Gasteiger partial charge in [0.05, 0.1) is 6.54 Å². The first-order valence-electron chi connectivity index (χ1n) is 9.41. The Kier molecular flexibility index (Phi) is 7.58. The minimum absolute atomic E-state index is 0.0405. The molecule has 168 valence electrons. The third-order valence-corrected chi connectivity index (χ3v) is 5.97. The number of rotatable bonds is 8. The van der Waals surface area contributed by atoms with Crippen molar-refractivity contribution in [3.63, 3.8) is 0 Å². The third-order valence-electron chi connectivity index (χ3n) is 4.59. The van der Waals surface area contributed by atoms with Gasteiger partial charge in [0.2, 0.25) is 15.9 Å². The summed E-state index contributed by atoms with van der Waals surface area (Å²) in [5.74, 6) is -1.96. The molecule has 2 aromatic rings. The van der Waals surface area contributed by atoms with Crippen LogP contribution in [-0.4, -0.2) is 50.5 Å². The van der Waals surface area contributed by atoms with Gasteiger partial charge in [-0.3, -0.25) is 9.59 Å². The van der Waals surface area contributed by atoms with E-state index in [1.165, 1.54) is 31.8 Å². The summed E-state index contributed by atoms with van der Waals surface area (Å²) >= 11 is 0. The zero-order valence-electron chi connectivity index (χ0n) is 18.0. The molecule has 0 aliphatic rings. The molecule has 31 heavy (non-hydrogen) atoms.